The first-order chi connectivity index (χ1) is 12.1. The lowest BCUT2D eigenvalue weighted by molar-refractivity contribution is -0.384. The topological polar surface area (TPSA) is 63.4 Å². The minimum atomic E-state index is -0.465. The van der Waals surface area contributed by atoms with E-state index in [0.29, 0.717) is 12.1 Å². The first-order valence-corrected chi connectivity index (χ1v) is 8.71. The molecule has 2 heterocycles. The van der Waals surface area contributed by atoms with E-state index in [4.69, 9.17) is 0 Å². The first-order valence-electron chi connectivity index (χ1n) is 7.83. The molecule has 0 aliphatic carbocycles. The minimum Gasteiger partial charge on any atom is -0.304 e. The van der Waals surface area contributed by atoms with Gasteiger partial charge in [-0.15, -0.1) is 11.3 Å². The number of nitrogens with zero attached hydrogens (tertiary/aromatic N) is 2. The molecule has 1 amide bonds. The van der Waals surface area contributed by atoms with Crippen LogP contribution in [0.1, 0.15) is 26.4 Å². The Hall–Kier alpha value is -2.99. The van der Waals surface area contributed by atoms with E-state index in [1.807, 2.05) is 29.6 Å². The van der Waals surface area contributed by atoms with Gasteiger partial charge in [-0.05, 0) is 40.8 Å². The molecular formula is C19H14N2O3S. The number of nitro benzene ring substituents is 1. The van der Waals surface area contributed by atoms with Gasteiger partial charge in [0.15, 0.2) is 0 Å². The maximum absolute atomic E-state index is 13.1. The highest BCUT2D eigenvalue weighted by Crippen LogP contribution is 2.34. The SMILES string of the molecule is O=C(c1ccc([N+](=O)[O-])cc1)N1Cc2ccsc2Cc2ccccc21. The third kappa shape index (κ3) is 2.81. The molecule has 124 valence electrons. The largest absolute Gasteiger partial charge is 0.304 e. The summed E-state index contributed by atoms with van der Waals surface area (Å²) in [7, 11) is 0. The van der Waals surface area contributed by atoms with E-state index in [-0.39, 0.29) is 11.6 Å². The first kappa shape index (κ1) is 15.5. The fourth-order valence-corrected chi connectivity index (χ4v) is 4.00. The molecule has 1 aliphatic rings. The predicted octanol–water partition coefficient (Wildman–Crippen LogP) is 4.41. The van der Waals surface area contributed by atoms with Crippen molar-refractivity contribution in [3.05, 3.63) is 91.7 Å². The maximum Gasteiger partial charge on any atom is 0.269 e. The monoisotopic (exact) mass is 350 g/mol. The van der Waals surface area contributed by atoms with Gasteiger partial charge in [-0.2, -0.15) is 0 Å². The van der Waals surface area contributed by atoms with Crippen LogP contribution in [0.4, 0.5) is 11.4 Å². The standard InChI is InChI=1S/C19H14N2O3S/c22-19(13-5-7-16(8-6-13)21(23)24)20-12-15-9-10-25-18(15)11-14-3-1-2-4-17(14)20/h1-10H,11-12H2. The summed E-state index contributed by atoms with van der Waals surface area (Å²) in [6, 6.07) is 15.7. The molecule has 5 nitrogen and oxygen atoms in total. The summed E-state index contributed by atoms with van der Waals surface area (Å²) in [5, 5.41) is 12.9. The zero-order valence-electron chi connectivity index (χ0n) is 13.2. The molecule has 4 rings (SSSR count). The summed E-state index contributed by atoms with van der Waals surface area (Å²) in [6.07, 6.45) is 0.813. The number of thiophene rings is 1. The zero-order chi connectivity index (χ0) is 17.4. The Bertz CT molecular complexity index is 963. The number of hydrogen-bond donors (Lipinski definition) is 0. The van der Waals surface area contributed by atoms with E-state index in [1.54, 1.807) is 16.2 Å². The van der Waals surface area contributed by atoms with Gasteiger partial charge in [-0.1, -0.05) is 18.2 Å². The third-order valence-electron chi connectivity index (χ3n) is 4.37. The highest BCUT2D eigenvalue weighted by Gasteiger charge is 2.25. The Morgan fingerprint density at radius 2 is 1.80 bits per heavy atom. The smallest absolute Gasteiger partial charge is 0.269 e. The van der Waals surface area contributed by atoms with Crippen LogP contribution in [0.25, 0.3) is 0 Å². The summed E-state index contributed by atoms with van der Waals surface area (Å²) < 4.78 is 0. The lowest BCUT2D eigenvalue weighted by Crippen LogP contribution is -2.30. The Morgan fingerprint density at radius 3 is 2.56 bits per heavy atom. The summed E-state index contributed by atoms with van der Waals surface area (Å²) in [4.78, 5) is 26.5. The fourth-order valence-electron chi connectivity index (χ4n) is 3.08. The number of nitro groups is 1. The Balaban J connectivity index is 1.75. The van der Waals surface area contributed by atoms with Crippen molar-refractivity contribution in [2.45, 2.75) is 13.0 Å². The lowest BCUT2D eigenvalue weighted by Gasteiger charge is -2.23. The van der Waals surface area contributed by atoms with E-state index in [9.17, 15) is 14.9 Å². The summed E-state index contributed by atoms with van der Waals surface area (Å²) >= 11 is 1.70. The number of amides is 1. The lowest BCUT2D eigenvalue weighted by atomic mass is 10.1. The molecule has 0 radical (unpaired) electrons. The number of rotatable bonds is 2. The summed E-state index contributed by atoms with van der Waals surface area (Å²) in [6.45, 7) is 0.506. The molecule has 0 unspecified atom stereocenters. The van der Waals surface area contributed by atoms with Crippen LogP contribution < -0.4 is 4.90 Å². The zero-order valence-corrected chi connectivity index (χ0v) is 14.0. The Morgan fingerprint density at radius 1 is 1.04 bits per heavy atom. The number of fused-ring (bicyclic) bond motifs is 2. The van der Waals surface area contributed by atoms with Crippen molar-refractivity contribution >= 4 is 28.6 Å². The minimum absolute atomic E-state index is 0.0204. The average molecular weight is 350 g/mol. The van der Waals surface area contributed by atoms with Gasteiger partial charge >= 0.3 is 0 Å². The van der Waals surface area contributed by atoms with Crippen molar-refractivity contribution in [2.24, 2.45) is 0 Å². The highest BCUT2D eigenvalue weighted by atomic mass is 32.1. The Labute approximate surface area is 148 Å². The van der Waals surface area contributed by atoms with Gasteiger partial charge in [0, 0.05) is 34.7 Å². The van der Waals surface area contributed by atoms with Crippen LogP contribution in [0, 0.1) is 10.1 Å². The van der Waals surface area contributed by atoms with Gasteiger partial charge in [0.25, 0.3) is 11.6 Å². The fraction of sp³-hybridized carbons (Fsp3) is 0.105. The average Bonchev–Trinajstić information content (AvgIpc) is 3.00. The van der Waals surface area contributed by atoms with Gasteiger partial charge in [0.2, 0.25) is 0 Å². The van der Waals surface area contributed by atoms with Crippen molar-refractivity contribution < 1.29 is 9.72 Å². The van der Waals surface area contributed by atoms with E-state index in [0.717, 1.165) is 23.2 Å². The molecule has 2 aromatic carbocycles. The second-order valence-electron chi connectivity index (χ2n) is 5.87. The molecule has 0 bridgehead atoms. The van der Waals surface area contributed by atoms with Gasteiger partial charge in [0.1, 0.15) is 0 Å². The molecule has 6 heteroatoms. The van der Waals surface area contributed by atoms with Crippen LogP contribution in [0.5, 0.6) is 0 Å². The highest BCUT2D eigenvalue weighted by molar-refractivity contribution is 7.10. The van der Waals surface area contributed by atoms with Gasteiger partial charge in [0.05, 0.1) is 11.5 Å². The number of anilines is 1. The molecule has 0 N–H and O–H groups in total. The van der Waals surface area contributed by atoms with Crippen LogP contribution in [0.15, 0.2) is 60.0 Å². The van der Waals surface area contributed by atoms with Crippen molar-refractivity contribution in [2.75, 3.05) is 4.90 Å². The van der Waals surface area contributed by atoms with Gasteiger partial charge < -0.3 is 4.90 Å². The van der Waals surface area contributed by atoms with Crippen molar-refractivity contribution in [3.8, 4) is 0 Å². The number of hydrogen-bond acceptors (Lipinski definition) is 4. The van der Waals surface area contributed by atoms with Crippen molar-refractivity contribution in [1.29, 1.82) is 0 Å². The van der Waals surface area contributed by atoms with Crippen molar-refractivity contribution in [3.63, 3.8) is 0 Å². The number of carbonyl (C=O) groups is 1. The van der Waals surface area contributed by atoms with Crippen LogP contribution in [-0.2, 0) is 13.0 Å². The maximum atomic E-state index is 13.1. The molecular weight excluding hydrogens is 336 g/mol. The van der Waals surface area contributed by atoms with Crippen LogP contribution in [0.3, 0.4) is 0 Å². The van der Waals surface area contributed by atoms with Crippen LogP contribution in [0.2, 0.25) is 0 Å². The molecule has 0 spiro atoms. The van der Waals surface area contributed by atoms with Crippen molar-refractivity contribution in [1.82, 2.24) is 0 Å². The van der Waals surface area contributed by atoms with E-state index in [1.165, 1.54) is 29.1 Å². The molecule has 25 heavy (non-hydrogen) atoms. The molecule has 3 aromatic rings. The third-order valence-corrected chi connectivity index (χ3v) is 5.33. The number of non-ortho nitro benzene ring substituents is 1. The van der Waals surface area contributed by atoms with Crippen LogP contribution >= 0.6 is 11.3 Å². The molecule has 1 aliphatic heterocycles. The quantitative estimate of drug-likeness (QED) is 0.508. The molecule has 0 saturated carbocycles. The molecule has 0 atom stereocenters. The second-order valence-corrected chi connectivity index (χ2v) is 6.87. The number of carbonyl (C=O) groups excluding carboxylic acids is 1. The molecule has 1 aromatic heterocycles. The molecule has 0 fully saturated rings. The van der Waals surface area contributed by atoms with E-state index in [2.05, 4.69) is 6.07 Å². The van der Waals surface area contributed by atoms with Gasteiger partial charge in [-0.25, -0.2) is 0 Å². The number of para-hydroxylation sites is 1. The summed E-state index contributed by atoms with van der Waals surface area (Å²) in [5.74, 6) is -0.151. The van der Waals surface area contributed by atoms with E-state index < -0.39 is 4.92 Å². The Kier molecular flexibility index (Phi) is 3.82. The predicted molar refractivity (Wildman–Crippen MR) is 97.2 cm³/mol. The second kappa shape index (κ2) is 6.14. The van der Waals surface area contributed by atoms with E-state index >= 15 is 0 Å². The van der Waals surface area contributed by atoms with Crippen LogP contribution in [-0.4, -0.2) is 10.8 Å². The number of benzene rings is 2. The normalized spacial score (nSPS) is 12.9. The van der Waals surface area contributed by atoms with Gasteiger partial charge in [-0.3, -0.25) is 14.9 Å². The molecule has 0 saturated heterocycles. The summed E-state index contributed by atoms with van der Waals surface area (Å²) in [5.41, 5.74) is 3.58.